The molecule has 0 aromatic rings. The topological polar surface area (TPSA) is 95.9 Å². The number of likely N-dealkylation sites (tertiary alicyclic amines) is 1. The van der Waals surface area contributed by atoms with Gasteiger partial charge in [-0.1, -0.05) is 13.0 Å². The van der Waals surface area contributed by atoms with Crippen LogP contribution >= 0.6 is 0 Å². The molecule has 1 aliphatic heterocycles. The highest BCUT2D eigenvalue weighted by atomic mass is 19.1. The van der Waals surface area contributed by atoms with Crippen LogP contribution in [0.3, 0.4) is 0 Å². The van der Waals surface area contributed by atoms with E-state index in [1.54, 1.807) is 27.7 Å². The van der Waals surface area contributed by atoms with Crippen molar-refractivity contribution < 1.29 is 28.6 Å². The molecule has 8 heteroatoms. The first-order valence-corrected chi connectivity index (χ1v) is 7.88. The molecule has 0 bridgehead atoms. The van der Waals surface area contributed by atoms with E-state index in [1.165, 1.54) is 6.08 Å². The summed E-state index contributed by atoms with van der Waals surface area (Å²) in [6, 6.07) is -1.48. The Morgan fingerprint density at radius 2 is 2.04 bits per heavy atom. The van der Waals surface area contributed by atoms with Gasteiger partial charge in [-0.25, -0.2) is 14.0 Å². The maximum absolute atomic E-state index is 13.7. The van der Waals surface area contributed by atoms with Gasteiger partial charge >= 0.3 is 12.1 Å². The summed E-state index contributed by atoms with van der Waals surface area (Å²) in [7, 11) is 0. The van der Waals surface area contributed by atoms with Gasteiger partial charge in [0.05, 0.1) is 6.54 Å². The van der Waals surface area contributed by atoms with Gasteiger partial charge in [0.25, 0.3) is 0 Å². The van der Waals surface area contributed by atoms with Gasteiger partial charge in [0, 0.05) is 18.5 Å². The third-order valence-electron chi connectivity index (χ3n) is 3.42. The molecule has 0 aliphatic carbocycles. The Labute approximate surface area is 140 Å². The highest BCUT2D eigenvalue weighted by Crippen LogP contribution is 2.23. The number of hydrogen-bond acceptors (Lipinski definition) is 4. The van der Waals surface area contributed by atoms with Crippen LogP contribution in [0.15, 0.2) is 12.2 Å². The number of rotatable bonds is 5. The van der Waals surface area contributed by atoms with Crippen molar-refractivity contribution in [3.63, 3.8) is 0 Å². The predicted octanol–water partition coefficient (Wildman–Crippen LogP) is 1.87. The number of halogens is 1. The summed E-state index contributed by atoms with van der Waals surface area (Å²) in [4.78, 5) is 36.2. The zero-order chi connectivity index (χ0) is 18.5. The van der Waals surface area contributed by atoms with E-state index < -0.39 is 41.8 Å². The summed E-state index contributed by atoms with van der Waals surface area (Å²) >= 11 is 0. The van der Waals surface area contributed by atoms with Gasteiger partial charge in [-0.15, -0.1) is 0 Å². The number of carbonyl (C=O) groups excluding carboxylic acids is 2. The summed E-state index contributed by atoms with van der Waals surface area (Å²) in [5.41, 5.74) is -0.747. The fourth-order valence-electron chi connectivity index (χ4n) is 2.32. The molecular formula is C16H25FN2O5. The van der Waals surface area contributed by atoms with Crippen LogP contribution in [0.4, 0.5) is 9.18 Å². The average Bonchev–Trinajstić information content (AvgIpc) is 2.83. The second-order valence-electron chi connectivity index (χ2n) is 6.70. The highest BCUT2D eigenvalue weighted by molar-refractivity contribution is 5.87. The van der Waals surface area contributed by atoms with Gasteiger partial charge in [0.1, 0.15) is 17.8 Å². The molecule has 0 unspecified atom stereocenters. The molecule has 0 spiro atoms. The normalized spacial score (nSPS) is 22.5. The van der Waals surface area contributed by atoms with Crippen LogP contribution in [0.5, 0.6) is 0 Å². The molecule has 1 fully saturated rings. The number of amides is 2. The molecule has 1 saturated heterocycles. The first-order chi connectivity index (χ1) is 11.0. The van der Waals surface area contributed by atoms with Crippen molar-refractivity contribution in [3.05, 3.63) is 12.2 Å². The molecule has 0 aromatic heterocycles. The van der Waals surface area contributed by atoms with Crippen LogP contribution < -0.4 is 5.32 Å². The third-order valence-corrected chi connectivity index (χ3v) is 3.42. The molecular weight excluding hydrogens is 319 g/mol. The number of carbonyl (C=O) groups is 3. The molecule has 0 radical (unpaired) electrons. The van der Waals surface area contributed by atoms with Crippen LogP contribution in [0.2, 0.25) is 0 Å². The van der Waals surface area contributed by atoms with Crippen LogP contribution in [0.25, 0.3) is 0 Å². The molecule has 136 valence electrons. The molecule has 1 rings (SSSR count). The number of carboxylic acids is 1. The monoisotopic (exact) mass is 344 g/mol. The lowest BCUT2D eigenvalue weighted by Gasteiger charge is -2.28. The first-order valence-electron chi connectivity index (χ1n) is 7.88. The number of nitrogens with one attached hydrogen (secondary N) is 1. The maximum atomic E-state index is 13.7. The van der Waals surface area contributed by atoms with Crippen LogP contribution in [-0.2, 0) is 14.3 Å². The molecule has 1 aliphatic rings. The van der Waals surface area contributed by atoms with E-state index in [0.29, 0.717) is 6.42 Å². The Hall–Kier alpha value is -2.12. The van der Waals surface area contributed by atoms with Gasteiger partial charge in [0.15, 0.2) is 0 Å². The summed E-state index contributed by atoms with van der Waals surface area (Å²) in [5, 5.41) is 11.3. The molecule has 0 aromatic carbocycles. The van der Waals surface area contributed by atoms with E-state index >= 15 is 0 Å². The van der Waals surface area contributed by atoms with Crippen molar-refractivity contribution in [2.45, 2.75) is 64.4 Å². The zero-order valence-electron chi connectivity index (χ0n) is 14.4. The second kappa shape index (κ2) is 8.12. The van der Waals surface area contributed by atoms with E-state index in [2.05, 4.69) is 5.32 Å². The Bertz CT molecular complexity index is 515. The lowest BCUT2D eigenvalue weighted by Crippen LogP contribution is -2.49. The number of nitrogens with zero attached hydrogens (tertiary/aromatic N) is 1. The summed E-state index contributed by atoms with van der Waals surface area (Å²) in [6.45, 7) is 6.64. The largest absolute Gasteiger partial charge is 0.478 e. The minimum absolute atomic E-state index is 0.107. The van der Waals surface area contributed by atoms with Crippen LogP contribution in [0.1, 0.15) is 40.5 Å². The fraction of sp³-hybridized carbons (Fsp3) is 0.688. The van der Waals surface area contributed by atoms with E-state index in [1.807, 2.05) is 0 Å². The van der Waals surface area contributed by atoms with Gasteiger partial charge in [-0.2, -0.15) is 0 Å². The molecule has 1 heterocycles. The third kappa shape index (κ3) is 6.17. The van der Waals surface area contributed by atoms with Crippen molar-refractivity contribution >= 4 is 18.0 Å². The predicted molar refractivity (Wildman–Crippen MR) is 85.2 cm³/mol. The van der Waals surface area contributed by atoms with Crippen LogP contribution in [-0.4, -0.2) is 58.4 Å². The van der Waals surface area contributed by atoms with Crippen molar-refractivity contribution in [2.24, 2.45) is 0 Å². The molecule has 3 atom stereocenters. The van der Waals surface area contributed by atoms with Crippen molar-refractivity contribution in [3.8, 4) is 0 Å². The zero-order valence-corrected chi connectivity index (χ0v) is 14.4. The van der Waals surface area contributed by atoms with Gasteiger partial charge in [-0.05, 0) is 27.2 Å². The SMILES string of the molecule is CC[C@@H](/C=C/C(=O)O)NC(=O)[C@H]1C[C@H](F)CN1C(=O)OC(C)(C)C. The van der Waals surface area contributed by atoms with Crippen molar-refractivity contribution in [1.29, 1.82) is 0 Å². The number of alkyl halides is 1. The maximum Gasteiger partial charge on any atom is 0.411 e. The molecule has 2 amide bonds. The number of ether oxygens (including phenoxy) is 1. The fourth-order valence-corrected chi connectivity index (χ4v) is 2.32. The highest BCUT2D eigenvalue weighted by Gasteiger charge is 2.41. The van der Waals surface area contributed by atoms with Gasteiger partial charge in [-0.3, -0.25) is 9.69 Å². The molecule has 7 nitrogen and oxygen atoms in total. The van der Waals surface area contributed by atoms with Crippen molar-refractivity contribution in [2.75, 3.05) is 6.54 Å². The first kappa shape index (κ1) is 19.9. The summed E-state index contributed by atoms with van der Waals surface area (Å²) in [6.07, 6.45) is 0.602. The Morgan fingerprint density at radius 1 is 1.42 bits per heavy atom. The molecule has 0 saturated carbocycles. The van der Waals surface area contributed by atoms with E-state index in [4.69, 9.17) is 9.84 Å². The van der Waals surface area contributed by atoms with E-state index in [-0.39, 0.29) is 13.0 Å². The lowest BCUT2D eigenvalue weighted by atomic mass is 10.1. The number of hydrogen-bond donors (Lipinski definition) is 2. The smallest absolute Gasteiger partial charge is 0.411 e. The molecule has 2 N–H and O–H groups in total. The minimum Gasteiger partial charge on any atom is -0.478 e. The minimum atomic E-state index is -1.30. The summed E-state index contributed by atoms with van der Waals surface area (Å²) < 4.78 is 18.9. The average molecular weight is 344 g/mol. The Kier molecular flexibility index (Phi) is 6.74. The van der Waals surface area contributed by atoms with Gasteiger partial charge < -0.3 is 15.2 Å². The standard InChI is InChI=1S/C16H25FN2O5/c1-5-11(6-7-13(20)21)18-14(22)12-8-10(17)9-19(12)15(23)24-16(2,3)4/h6-7,10-12H,5,8-9H2,1-4H3,(H,18,22)(H,20,21)/b7-6+/t10-,11-,12+/m0/s1. The number of carboxylic acid groups (broad SMARTS) is 1. The lowest BCUT2D eigenvalue weighted by molar-refractivity contribution is -0.131. The summed E-state index contributed by atoms with van der Waals surface area (Å²) in [5.74, 6) is -1.65. The Morgan fingerprint density at radius 3 is 2.54 bits per heavy atom. The van der Waals surface area contributed by atoms with Crippen LogP contribution in [0, 0.1) is 0 Å². The van der Waals surface area contributed by atoms with E-state index in [9.17, 15) is 18.8 Å². The molecule has 24 heavy (non-hydrogen) atoms. The Balaban J connectivity index is 2.79. The van der Waals surface area contributed by atoms with Gasteiger partial charge in [0.2, 0.25) is 5.91 Å². The number of aliphatic carboxylic acids is 1. The van der Waals surface area contributed by atoms with E-state index in [0.717, 1.165) is 11.0 Å². The quantitative estimate of drug-likeness (QED) is 0.742. The second-order valence-corrected chi connectivity index (χ2v) is 6.70. The van der Waals surface area contributed by atoms with Crippen molar-refractivity contribution in [1.82, 2.24) is 10.2 Å².